The van der Waals surface area contributed by atoms with Gasteiger partial charge in [-0.1, -0.05) is 30.3 Å². The molecule has 6 heteroatoms. The molecule has 0 radical (unpaired) electrons. The van der Waals surface area contributed by atoms with E-state index in [9.17, 15) is 9.59 Å². The van der Waals surface area contributed by atoms with Gasteiger partial charge < -0.3 is 20.3 Å². The number of para-hydroxylation sites is 3. The van der Waals surface area contributed by atoms with Gasteiger partial charge in [0.15, 0.2) is 0 Å². The van der Waals surface area contributed by atoms with E-state index >= 15 is 0 Å². The molecule has 1 heterocycles. The number of nitrogens with zero attached hydrogens (tertiary/aromatic N) is 1. The number of rotatable bonds is 7. The Morgan fingerprint density at radius 1 is 0.938 bits per heavy atom. The maximum Gasteiger partial charge on any atom is 0.255 e. The van der Waals surface area contributed by atoms with Gasteiger partial charge >= 0.3 is 0 Å². The van der Waals surface area contributed by atoms with Gasteiger partial charge in [-0.3, -0.25) is 9.59 Å². The first kappa shape index (κ1) is 21.4. The van der Waals surface area contributed by atoms with E-state index in [4.69, 9.17) is 4.74 Å². The fourth-order valence-electron chi connectivity index (χ4n) is 3.95. The van der Waals surface area contributed by atoms with Gasteiger partial charge in [-0.05, 0) is 60.9 Å². The number of hydrogen-bond acceptors (Lipinski definition) is 4. The number of fused-ring (bicyclic) bond motifs is 1. The zero-order valence-corrected chi connectivity index (χ0v) is 18.1. The first-order valence-electron chi connectivity index (χ1n) is 10.8. The number of anilines is 3. The number of hydrogen-bond donors (Lipinski definition) is 2. The number of amides is 2. The van der Waals surface area contributed by atoms with Gasteiger partial charge in [-0.25, -0.2) is 0 Å². The zero-order valence-electron chi connectivity index (χ0n) is 18.1. The number of aryl methyl sites for hydroxylation is 1. The Bertz CT molecular complexity index is 1100. The average Bonchev–Trinajstić information content (AvgIpc) is 2.83. The lowest BCUT2D eigenvalue weighted by Crippen LogP contribution is -2.32. The van der Waals surface area contributed by atoms with Crippen LogP contribution in [-0.4, -0.2) is 32.0 Å². The van der Waals surface area contributed by atoms with Crippen LogP contribution in [0.3, 0.4) is 0 Å². The fourth-order valence-corrected chi connectivity index (χ4v) is 3.95. The summed E-state index contributed by atoms with van der Waals surface area (Å²) in [5, 5.41) is 5.77. The molecule has 1 aliphatic heterocycles. The quantitative estimate of drug-likeness (QED) is 0.570. The predicted molar refractivity (Wildman–Crippen MR) is 128 cm³/mol. The summed E-state index contributed by atoms with van der Waals surface area (Å²) in [6, 6.07) is 22.5. The van der Waals surface area contributed by atoms with Gasteiger partial charge in [0, 0.05) is 36.4 Å². The van der Waals surface area contributed by atoms with Crippen molar-refractivity contribution in [3.05, 3.63) is 83.9 Å². The normalized spacial score (nSPS) is 12.6. The maximum atomic E-state index is 12.5. The molecule has 0 bridgehead atoms. The third-order valence-electron chi connectivity index (χ3n) is 5.60. The minimum atomic E-state index is -0.240. The summed E-state index contributed by atoms with van der Waals surface area (Å²) in [7, 11) is 1.56. The summed E-state index contributed by atoms with van der Waals surface area (Å²) in [5.41, 5.74) is 4.36. The van der Waals surface area contributed by atoms with Crippen LogP contribution in [-0.2, 0) is 11.2 Å². The molecule has 0 spiro atoms. The van der Waals surface area contributed by atoms with Crippen LogP contribution in [0, 0.1) is 0 Å². The third kappa shape index (κ3) is 5.09. The molecule has 32 heavy (non-hydrogen) atoms. The van der Waals surface area contributed by atoms with Crippen molar-refractivity contribution in [1.29, 1.82) is 0 Å². The fraction of sp³-hybridized carbons (Fsp3) is 0.231. The van der Waals surface area contributed by atoms with Gasteiger partial charge in [0.25, 0.3) is 5.91 Å². The topological polar surface area (TPSA) is 70.7 Å². The van der Waals surface area contributed by atoms with Crippen LogP contribution < -0.4 is 20.3 Å². The summed E-state index contributed by atoms with van der Waals surface area (Å²) < 4.78 is 5.27. The molecule has 6 nitrogen and oxygen atoms in total. The van der Waals surface area contributed by atoms with Gasteiger partial charge in [0.05, 0.1) is 12.8 Å². The van der Waals surface area contributed by atoms with Crippen LogP contribution in [0.25, 0.3) is 0 Å². The lowest BCUT2D eigenvalue weighted by atomic mass is 10.0. The monoisotopic (exact) mass is 429 g/mol. The van der Waals surface area contributed by atoms with E-state index in [2.05, 4.69) is 33.7 Å². The number of methoxy groups -OCH3 is 1. The Labute approximate surface area is 188 Å². The number of carbonyl (C=O) groups is 2. The second kappa shape index (κ2) is 10.0. The van der Waals surface area contributed by atoms with Crippen molar-refractivity contribution in [2.24, 2.45) is 0 Å². The van der Waals surface area contributed by atoms with Gasteiger partial charge in [0.2, 0.25) is 5.91 Å². The predicted octanol–water partition coefficient (Wildman–Crippen LogP) is 4.73. The molecule has 0 aliphatic carbocycles. The minimum Gasteiger partial charge on any atom is -0.495 e. The number of ether oxygens (including phenoxy) is 1. The molecule has 0 aromatic heterocycles. The number of nitrogens with one attached hydrogen (secondary N) is 2. The van der Waals surface area contributed by atoms with Crippen molar-refractivity contribution in [2.75, 3.05) is 35.7 Å². The number of carbonyl (C=O) groups excluding carboxylic acids is 2. The summed E-state index contributed by atoms with van der Waals surface area (Å²) in [6.45, 7) is 1.66. The Morgan fingerprint density at radius 3 is 2.50 bits per heavy atom. The minimum absolute atomic E-state index is 0.0423. The van der Waals surface area contributed by atoms with Crippen LogP contribution in [0.15, 0.2) is 72.8 Å². The molecule has 164 valence electrons. The largest absolute Gasteiger partial charge is 0.495 e. The molecule has 4 rings (SSSR count). The molecule has 0 unspecified atom stereocenters. The smallest absolute Gasteiger partial charge is 0.255 e. The molecule has 0 fully saturated rings. The van der Waals surface area contributed by atoms with Gasteiger partial charge in [-0.15, -0.1) is 0 Å². The average molecular weight is 430 g/mol. The first-order valence-corrected chi connectivity index (χ1v) is 10.8. The highest BCUT2D eigenvalue weighted by Gasteiger charge is 2.17. The highest BCUT2D eigenvalue weighted by molar-refractivity contribution is 6.05. The maximum absolute atomic E-state index is 12.5. The van der Waals surface area contributed by atoms with E-state index in [1.165, 1.54) is 11.3 Å². The Balaban J connectivity index is 1.31. The van der Waals surface area contributed by atoms with Gasteiger partial charge in [0.1, 0.15) is 5.75 Å². The lowest BCUT2D eigenvalue weighted by Gasteiger charge is -2.31. The Morgan fingerprint density at radius 2 is 1.69 bits per heavy atom. The highest BCUT2D eigenvalue weighted by Crippen LogP contribution is 2.27. The SMILES string of the molecule is COc1ccccc1NC(=O)c1ccc(NC(=O)CCN2CCCc3ccccc32)cc1. The van der Waals surface area contributed by atoms with Crippen LogP contribution in [0.5, 0.6) is 5.75 Å². The molecule has 3 aromatic carbocycles. The van der Waals surface area contributed by atoms with E-state index in [0.717, 1.165) is 19.4 Å². The standard InChI is InChI=1S/C26H27N3O3/c1-32-24-11-5-3-9-22(24)28-26(31)20-12-14-21(15-13-20)27-25(30)16-18-29-17-6-8-19-7-2-4-10-23(19)29/h2-5,7,9-15H,6,8,16-18H2,1H3,(H,27,30)(H,28,31). The summed E-state index contributed by atoms with van der Waals surface area (Å²) in [4.78, 5) is 27.3. The molecule has 2 amide bonds. The summed E-state index contributed by atoms with van der Waals surface area (Å²) in [6.07, 6.45) is 2.61. The third-order valence-corrected chi connectivity index (χ3v) is 5.60. The summed E-state index contributed by atoms with van der Waals surface area (Å²) in [5.74, 6) is 0.316. The van der Waals surface area contributed by atoms with Crippen LogP contribution in [0.4, 0.5) is 17.1 Å². The van der Waals surface area contributed by atoms with Crippen molar-refractivity contribution >= 4 is 28.9 Å². The lowest BCUT2D eigenvalue weighted by molar-refractivity contribution is -0.116. The van der Waals surface area contributed by atoms with Crippen molar-refractivity contribution in [1.82, 2.24) is 0 Å². The zero-order chi connectivity index (χ0) is 22.3. The molecular weight excluding hydrogens is 402 g/mol. The van der Waals surface area contributed by atoms with Crippen LogP contribution in [0.1, 0.15) is 28.8 Å². The molecule has 2 N–H and O–H groups in total. The highest BCUT2D eigenvalue weighted by atomic mass is 16.5. The van der Waals surface area contributed by atoms with E-state index in [1.807, 2.05) is 18.2 Å². The molecule has 0 saturated heterocycles. The molecule has 0 saturated carbocycles. The molecular formula is C26H27N3O3. The van der Waals surface area contributed by atoms with Crippen molar-refractivity contribution < 1.29 is 14.3 Å². The van der Waals surface area contributed by atoms with Crippen molar-refractivity contribution in [3.8, 4) is 5.75 Å². The molecule has 1 aliphatic rings. The second-order valence-electron chi connectivity index (χ2n) is 7.75. The van der Waals surface area contributed by atoms with E-state index in [1.54, 1.807) is 43.5 Å². The second-order valence-corrected chi connectivity index (χ2v) is 7.75. The Hall–Kier alpha value is -3.80. The van der Waals surface area contributed by atoms with E-state index in [0.29, 0.717) is 35.7 Å². The van der Waals surface area contributed by atoms with Crippen LogP contribution >= 0.6 is 0 Å². The first-order chi connectivity index (χ1) is 15.6. The Kier molecular flexibility index (Phi) is 6.70. The number of benzene rings is 3. The van der Waals surface area contributed by atoms with Crippen LogP contribution in [0.2, 0.25) is 0 Å². The van der Waals surface area contributed by atoms with Crippen molar-refractivity contribution in [3.63, 3.8) is 0 Å². The molecule has 0 atom stereocenters. The van der Waals surface area contributed by atoms with Crippen molar-refractivity contribution in [2.45, 2.75) is 19.3 Å². The molecule has 3 aromatic rings. The van der Waals surface area contributed by atoms with Gasteiger partial charge in [-0.2, -0.15) is 0 Å². The van der Waals surface area contributed by atoms with E-state index in [-0.39, 0.29) is 11.8 Å². The summed E-state index contributed by atoms with van der Waals surface area (Å²) >= 11 is 0. The van der Waals surface area contributed by atoms with E-state index < -0.39 is 0 Å².